The van der Waals surface area contributed by atoms with Gasteiger partial charge in [0.2, 0.25) is 10.0 Å². The highest BCUT2D eigenvalue weighted by atomic mass is 32.2. The van der Waals surface area contributed by atoms with Crippen LogP contribution in [0.15, 0.2) is 29.2 Å². The monoisotopic (exact) mass is 370 g/mol. The molecule has 0 fully saturated rings. The summed E-state index contributed by atoms with van der Waals surface area (Å²) in [4.78, 5) is 26.0. The van der Waals surface area contributed by atoms with Gasteiger partial charge >= 0.3 is 5.97 Å². The topological polar surface area (TPSA) is 92.8 Å². The fourth-order valence-corrected chi connectivity index (χ4v) is 3.61. The van der Waals surface area contributed by atoms with E-state index < -0.39 is 16.0 Å². The molecule has 1 amide bonds. The fraction of sp³-hybridized carbons (Fsp3) is 0.529. The van der Waals surface area contributed by atoms with Crippen LogP contribution in [-0.2, 0) is 19.6 Å². The van der Waals surface area contributed by atoms with Crippen molar-refractivity contribution in [1.29, 1.82) is 0 Å². The molecule has 0 aliphatic rings. The van der Waals surface area contributed by atoms with Crippen LogP contribution in [0.25, 0.3) is 0 Å². The predicted octanol–water partition coefficient (Wildman–Crippen LogP) is 1.79. The number of hydrogen-bond acceptors (Lipinski definition) is 5. The standard InChI is InChI=1S/C17H26N2O5S/c1-6-18-25(22,23)15-9-7-8-14(10-15)17(21)24-11-16(20)19(12(2)3)13(4)5/h7-10,12-13,18H,6,11H2,1-5H3. The van der Waals surface area contributed by atoms with Crippen LogP contribution in [-0.4, -0.2) is 50.4 Å². The second-order valence-corrected chi connectivity index (χ2v) is 7.86. The molecule has 1 rings (SSSR count). The summed E-state index contributed by atoms with van der Waals surface area (Å²) in [6.07, 6.45) is 0. The third-order valence-electron chi connectivity index (χ3n) is 3.44. The number of ether oxygens (including phenoxy) is 1. The molecule has 0 aliphatic heterocycles. The molecular formula is C17H26N2O5S. The zero-order chi connectivity index (χ0) is 19.2. The van der Waals surface area contributed by atoms with Crippen molar-refractivity contribution in [1.82, 2.24) is 9.62 Å². The minimum atomic E-state index is -3.67. The van der Waals surface area contributed by atoms with Crippen LogP contribution in [0.1, 0.15) is 45.0 Å². The number of benzene rings is 1. The number of nitrogens with one attached hydrogen (secondary N) is 1. The van der Waals surface area contributed by atoms with E-state index >= 15 is 0 Å². The van der Waals surface area contributed by atoms with E-state index in [9.17, 15) is 18.0 Å². The Labute approximate surface area is 149 Å². The second-order valence-electron chi connectivity index (χ2n) is 6.09. The van der Waals surface area contributed by atoms with Crippen molar-refractivity contribution in [2.75, 3.05) is 13.2 Å². The smallest absolute Gasteiger partial charge is 0.338 e. The molecule has 1 aromatic carbocycles. The van der Waals surface area contributed by atoms with Crippen LogP contribution in [0.3, 0.4) is 0 Å². The highest BCUT2D eigenvalue weighted by Crippen LogP contribution is 2.13. The van der Waals surface area contributed by atoms with Crippen LogP contribution in [0, 0.1) is 0 Å². The molecule has 0 bridgehead atoms. The molecule has 0 aromatic heterocycles. The van der Waals surface area contributed by atoms with Gasteiger partial charge in [-0.1, -0.05) is 13.0 Å². The number of amides is 1. The number of carbonyl (C=O) groups is 2. The van der Waals surface area contributed by atoms with Crippen LogP contribution >= 0.6 is 0 Å². The van der Waals surface area contributed by atoms with E-state index in [2.05, 4.69) is 4.72 Å². The zero-order valence-electron chi connectivity index (χ0n) is 15.3. The van der Waals surface area contributed by atoms with Crippen LogP contribution in [0.5, 0.6) is 0 Å². The minimum absolute atomic E-state index is 0.0141. The van der Waals surface area contributed by atoms with Gasteiger partial charge in [0, 0.05) is 18.6 Å². The Morgan fingerprint density at radius 2 is 1.76 bits per heavy atom. The summed E-state index contributed by atoms with van der Waals surface area (Å²) in [5, 5.41) is 0. The maximum Gasteiger partial charge on any atom is 0.338 e. The average molecular weight is 370 g/mol. The van der Waals surface area contributed by atoms with Gasteiger partial charge in [0.25, 0.3) is 5.91 Å². The lowest BCUT2D eigenvalue weighted by Crippen LogP contribution is -2.44. The molecule has 0 spiro atoms. The van der Waals surface area contributed by atoms with Gasteiger partial charge in [0.15, 0.2) is 6.61 Å². The maximum absolute atomic E-state index is 12.2. The number of rotatable bonds is 8. The molecule has 0 saturated heterocycles. The molecule has 0 atom stereocenters. The Bertz CT molecular complexity index is 706. The first-order valence-corrected chi connectivity index (χ1v) is 9.66. The first-order chi connectivity index (χ1) is 11.6. The molecule has 0 aliphatic carbocycles. The van der Waals surface area contributed by atoms with Gasteiger partial charge in [0.05, 0.1) is 10.5 Å². The molecular weight excluding hydrogens is 344 g/mol. The highest BCUT2D eigenvalue weighted by molar-refractivity contribution is 7.89. The van der Waals surface area contributed by atoms with Gasteiger partial charge in [-0.2, -0.15) is 0 Å². The quantitative estimate of drug-likeness (QED) is 0.704. The zero-order valence-corrected chi connectivity index (χ0v) is 16.1. The van der Waals surface area contributed by atoms with Crippen molar-refractivity contribution in [3.63, 3.8) is 0 Å². The maximum atomic E-state index is 12.2. The molecule has 8 heteroatoms. The van der Waals surface area contributed by atoms with Crippen molar-refractivity contribution in [2.45, 2.75) is 51.6 Å². The van der Waals surface area contributed by atoms with Crippen molar-refractivity contribution >= 4 is 21.9 Å². The van der Waals surface area contributed by atoms with Gasteiger partial charge < -0.3 is 9.64 Å². The molecule has 0 unspecified atom stereocenters. The molecule has 0 saturated carbocycles. The van der Waals surface area contributed by atoms with Crippen LogP contribution in [0.4, 0.5) is 0 Å². The van der Waals surface area contributed by atoms with E-state index in [1.165, 1.54) is 24.3 Å². The second kappa shape index (κ2) is 8.96. The van der Waals surface area contributed by atoms with E-state index in [0.29, 0.717) is 0 Å². The number of nitrogens with zero attached hydrogens (tertiary/aromatic N) is 1. The first kappa shape index (κ1) is 21.1. The van der Waals surface area contributed by atoms with Gasteiger partial charge in [-0.15, -0.1) is 0 Å². The predicted molar refractivity (Wildman–Crippen MR) is 94.7 cm³/mol. The van der Waals surface area contributed by atoms with Crippen molar-refractivity contribution in [3.8, 4) is 0 Å². The largest absolute Gasteiger partial charge is 0.452 e. The summed E-state index contributed by atoms with van der Waals surface area (Å²) in [5.41, 5.74) is 0.0763. The van der Waals surface area contributed by atoms with Crippen molar-refractivity contribution in [3.05, 3.63) is 29.8 Å². The van der Waals surface area contributed by atoms with E-state index in [1.807, 2.05) is 27.7 Å². The fourth-order valence-electron chi connectivity index (χ4n) is 2.52. The first-order valence-electron chi connectivity index (χ1n) is 8.18. The summed E-state index contributed by atoms with van der Waals surface area (Å²) in [7, 11) is -3.67. The van der Waals surface area contributed by atoms with Gasteiger partial charge in [-0.05, 0) is 45.9 Å². The Morgan fingerprint density at radius 1 is 1.16 bits per heavy atom. The Morgan fingerprint density at radius 3 is 2.28 bits per heavy atom. The normalized spacial score (nSPS) is 11.6. The van der Waals surface area contributed by atoms with Crippen LogP contribution in [0.2, 0.25) is 0 Å². The van der Waals surface area contributed by atoms with Gasteiger partial charge in [0.1, 0.15) is 0 Å². The van der Waals surface area contributed by atoms with Crippen molar-refractivity contribution < 1.29 is 22.7 Å². The Balaban J connectivity index is 2.84. The number of hydrogen-bond donors (Lipinski definition) is 1. The van der Waals surface area contributed by atoms with Crippen molar-refractivity contribution in [2.24, 2.45) is 0 Å². The lowest BCUT2D eigenvalue weighted by Gasteiger charge is -2.30. The Kier molecular flexibility index (Phi) is 7.57. The molecule has 1 aromatic rings. The van der Waals surface area contributed by atoms with Crippen LogP contribution < -0.4 is 4.72 Å². The SMILES string of the molecule is CCNS(=O)(=O)c1cccc(C(=O)OCC(=O)N(C(C)C)C(C)C)c1. The van der Waals surface area contributed by atoms with Gasteiger partial charge in [-0.25, -0.2) is 17.9 Å². The lowest BCUT2D eigenvalue weighted by atomic mass is 10.2. The minimum Gasteiger partial charge on any atom is -0.452 e. The molecule has 140 valence electrons. The molecule has 25 heavy (non-hydrogen) atoms. The van der Waals surface area contributed by atoms with E-state index in [1.54, 1.807) is 11.8 Å². The summed E-state index contributed by atoms with van der Waals surface area (Å²) < 4.78 is 31.4. The average Bonchev–Trinajstić information content (AvgIpc) is 2.52. The summed E-state index contributed by atoms with van der Waals surface area (Å²) in [6.45, 7) is 9.05. The molecule has 0 radical (unpaired) electrons. The number of carbonyl (C=O) groups excluding carboxylic acids is 2. The molecule has 1 N–H and O–H groups in total. The highest BCUT2D eigenvalue weighted by Gasteiger charge is 2.22. The summed E-state index contributed by atoms with van der Waals surface area (Å²) >= 11 is 0. The number of esters is 1. The molecule has 0 heterocycles. The third kappa shape index (κ3) is 5.82. The summed E-state index contributed by atoms with van der Waals surface area (Å²) in [6, 6.07) is 5.49. The lowest BCUT2D eigenvalue weighted by molar-refractivity contribution is -0.138. The third-order valence-corrected chi connectivity index (χ3v) is 4.99. The van der Waals surface area contributed by atoms with Gasteiger partial charge in [-0.3, -0.25) is 4.79 Å². The summed E-state index contributed by atoms with van der Waals surface area (Å²) in [5.74, 6) is -1.04. The Hall–Kier alpha value is -1.93. The van der Waals surface area contributed by atoms with E-state index in [0.717, 1.165) is 0 Å². The molecule has 7 nitrogen and oxygen atoms in total. The van der Waals surface area contributed by atoms with E-state index in [4.69, 9.17) is 4.74 Å². The van der Waals surface area contributed by atoms with E-state index in [-0.39, 0.29) is 41.6 Å². The number of sulfonamides is 1.